The van der Waals surface area contributed by atoms with Gasteiger partial charge in [0.25, 0.3) is 0 Å². The largest absolute Gasteiger partial charge is 0.340 e. The number of amides is 1. The minimum absolute atomic E-state index is 0.0942. The molecule has 1 aliphatic rings. The maximum atomic E-state index is 11.8. The van der Waals surface area contributed by atoms with Crippen molar-refractivity contribution in [2.24, 2.45) is 0 Å². The van der Waals surface area contributed by atoms with E-state index in [1.54, 1.807) is 0 Å². The molecule has 1 heterocycles. The van der Waals surface area contributed by atoms with Gasteiger partial charge in [0.05, 0.1) is 6.42 Å². The molecular weight excluding hydrogens is 200 g/mol. The highest BCUT2D eigenvalue weighted by Gasteiger charge is 2.19. The number of hydrogen-bond acceptors (Lipinski definition) is 2. The van der Waals surface area contributed by atoms with Crippen LogP contribution in [0.15, 0.2) is 0 Å². The van der Waals surface area contributed by atoms with Crippen molar-refractivity contribution in [3.63, 3.8) is 0 Å². The van der Waals surface area contributed by atoms with Crippen molar-refractivity contribution in [2.75, 3.05) is 19.6 Å². The van der Waals surface area contributed by atoms with Gasteiger partial charge >= 0.3 is 0 Å². The molecule has 0 radical (unpaired) electrons. The Bertz CT molecular complexity index is 251. The van der Waals surface area contributed by atoms with E-state index in [0.29, 0.717) is 6.04 Å². The highest BCUT2D eigenvalue weighted by Crippen LogP contribution is 2.09. The molecule has 0 spiro atoms. The Labute approximate surface area is 98.6 Å². The van der Waals surface area contributed by atoms with E-state index >= 15 is 0 Å². The van der Waals surface area contributed by atoms with Gasteiger partial charge in [0.2, 0.25) is 5.91 Å². The molecule has 0 aromatic heterocycles. The van der Waals surface area contributed by atoms with Crippen LogP contribution in [0.3, 0.4) is 0 Å². The Morgan fingerprint density at radius 3 is 2.94 bits per heavy atom. The van der Waals surface area contributed by atoms with Gasteiger partial charge in [-0.2, -0.15) is 0 Å². The quantitative estimate of drug-likeness (QED) is 0.713. The fraction of sp³-hybridized carbons (Fsp3) is 0.769. The third-order valence-corrected chi connectivity index (χ3v) is 2.95. The Hall–Kier alpha value is -1.01. The van der Waals surface area contributed by atoms with Gasteiger partial charge in [-0.3, -0.25) is 4.79 Å². The number of piperidine rings is 1. The maximum absolute atomic E-state index is 11.8. The molecule has 1 rings (SSSR count). The Morgan fingerprint density at radius 1 is 1.56 bits per heavy atom. The number of nitrogens with zero attached hydrogens (tertiary/aromatic N) is 1. The van der Waals surface area contributed by atoms with E-state index in [1.807, 2.05) is 4.90 Å². The molecule has 0 aromatic carbocycles. The Kier molecular flexibility index (Phi) is 5.95. The lowest BCUT2D eigenvalue weighted by Crippen LogP contribution is -2.45. The van der Waals surface area contributed by atoms with Crippen LogP contribution in [-0.2, 0) is 4.79 Å². The third-order valence-electron chi connectivity index (χ3n) is 2.95. The first-order chi connectivity index (χ1) is 7.77. The molecule has 1 N–H and O–H groups in total. The molecule has 1 fully saturated rings. The van der Waals surface area contributed by atoms with E-state index < -0.39 is 0 Å². The first-order valence-electron chi connectivity index (χ1n) is 6.22. The summed E-state index contributed by atoms with van der Waals surface area (Å²) in [6.07, 6.45) is 10.1. The predicted octanol–water partition coefficient (Wildman–Crippen LogP) is 1.39. The van der Waals surface area contributed by atoms with Crippen LogP contribution in [-0.4, -0.2) is 36.5 Å². The minimum atomic E-state index is 0.0942. The fourth-order valence-corrected chi connectivity index (χ4v) is 2.13. The van der Waals surface area contributed by atoms with Gasteiger partial charge in [-0.15, -0.1) is 6.42 Å². The molecule has 3 heteroatoms. The van der Waals surface area contributed by atoms with Crippen LogP contribution in [0.1, 0.15) is 39.0 Å². The van der Waals surface area contributed by atoms with Crippen LogP contribution in [0.2, 0.25) is 0 Å². The van der Waals surface area contributed by atoms with Crippen LogP contribution < -0.4 is 5.32 Å². The molecular formula is C13H22N2O. The molecule has 16 heavy (non-hydrogen) atoms. The number of hydrogen-bond donors (Lipinski definition) is 1. The van der Waals surface area contributed by atoms with Crippen molar-refractivity contribution in [1.29, 1.82) is 0 Å². The molecule has 0 saturated carbocycles. The standard InChI is InChI=1S/C13H22N2O/c1-3-7-13(16)15(10-4-2)11-12-8-5-6-9-14-12/h1,12,14H,4-11H2,2H3. The Balaban J connectivity index is 2.42. The predicted molar refractivity (Wildman–Crippen MR) is 66.0 cm³/mol. The second-order valence-corrected chi connectivity index (χ2v) is 4.37. The van der Waals surface area contributed by atoms with E-state index in [2.05, 4.69) is 18.2 Å². The zero-order valence-electron chi connectivity index (χ0n) is 10.2. The summed E-state index contributed by atoms with van der Waals surface area (Å²) in [5.41, 5.74) is 0. The summed E-state index contributed by atoms with van der Waals surface area (Å²) in [6.45, 7) is 4.80. The number of carbonyl (C=O) groups excluding carboxylic acids is 1. The first kappa shape index (κ1) is 13.1. The van der Waals surface area contributed by atoms with Gasteiger partial charge in [-0.05, 0) is 25.8 Å². The summed E-state index contributed by atoms with van der Waals surface area (Å²) in [6, 6.07) is 0.460. The lowest BCUT2D eigenvalue weighted by molar-refractivity contribution is -0.130. The van der Waals surface area contributed by atoms with Crippen LogP contribution in [0.5, 0.6) is 0 Å². The van der Waals surface area contributed by atoms with Crippen molar-refractivity contribution < 1.29 is 4.79 Å². The average Bonchev–Trinajstić information content (AvgIpc) is 2.30. The summed E-state index contributed by atoms with van der Waals surface area (Å²) >= 11 is 0. The number of carbonyl (C=O) groups is 1. The second kappa shape index (κ2) is 7.29. The molecule has 0 aromatic rings. The van der Waals surface area contributed by atoms with Crippen molar-refractivity contribution in [1.82, 2.24) is 10.2 Å². The molecule has 1 aliphatic heterocycles. The fourth-order valence-electron chi connectivity index (χ4n) is 2.13. The average molecular weight is 222 g/mol. The van der Waals surface area contributed by atoms with Crippen molar-refractivity contribution in [2.45, 2.75) is 45.1 Å². The molecule has 1 unspecified atom stereocenters. The first-order valence-corrected chi connectivity index (χ1v) is 6.22. The van der Waals surface area contributed by atoms with Gasteiger partial charge in [0, 0.05) is 19.1 Å². The number of terminal acetylenes is 1. The van der Waals surface area contributed by atoms with E-state index in [0.717, 1.165) is 26.1 Å². The second-order valence-electron chi connectivity index (χ2n) is 4.37. The molecule has 1 amide bonds. The topological polar surface area (TPSA) is 32.3 Å². The molecule has 0 aliphatic carbocycles. The maximum Gasteiger partial charge on any atom is 0.234 e. The highest BCUT2D eigenvalue weighted by molar-refractivity contribution is 5.78. The summed E-state index contributed by atoms with van der Waals surface area (Å²) < 4.78 is 0. The van der Waals surface area contributed by atoms with E-state index in [-0.39, 0.29) is 12.3 Å². The van der Waals surface area contributed by atoms with E-state index in [1.165, 1.54) is 19.3 Å². The third kappa shape index (κ3) is 4.24. The summed E-state index contributed by atoms with van der Waals surface area (Å²) in [7, 11) is 0. The van der Waals surface area contributed by atoms with Crippen molar-refractivity contribution in [3.05, 3.63) is 0 Å². The van der Waals surface area contributed by atoms with Gasteiger partial charge in [-0.1, -0.05) is 19.3 Å². The number of rotatable bonds is 5. The summed E-state index contributed by atoms with van der Waals surface area (Å²) in [5.74, 6) is 2.53. The lowest BCUT2D eigenvalue weighted by atomic mass is 10.0. The molecule has 90 valence electrons. The SMILES string of the molecule is C#CCC(=O)N(CCC)CC1CCCCN1. The van der Waals surface area contributed by atoms with Gasteiger partial charge in [0.1, 0.15) is 0 Å². The summed E-state index contributed by atoms with van der Waals surface area (Å²) in [5, 5.41) is 3.46. The van der Waals surface area contributed by atoms with Crippen LogP contribution in [0.4, 0.5) is 0 Å². The molecule has 1 saturated heterocycles. The molecule has 3 nitrogen and oxygen atoms in total. The van der Waals surface area contributed by atoms with Crippen molar-refractivity contribution >= 4 is 5.91 Å². The lowest BCUT2D eigenvalue weighted by Gasteiger charge is -2.30. The van der Waals surface area contributed by atoms with Crippen LogP contribution >= 0.6 is 0 Å². The minimum Gasteiger partial charge on any atom is -0.340 e. The summed E-state index contributed by atoms with van der Waals surface area (Å²) in [4.78, 5) is 13.7. The van der Waals surface area contributed by atoms with Crippen LogP contribution in [0, 0.1) is 12.3 Å². The Morgan fingerprint density at radius 2 is 2.38 bits per heavy atom. The zero-order chi connectivity index (χ0) is 11.8. The number of nitrogens with one attached hydrogen (secondary N) is 1. The zero-order valence-corrected chi connectivity index (χ0v) is 10.2. The van der Waals surface area contributed by atoms with E-state index in [4.69, 9.17) is 6.42 Å². The van der Waals surface area contributed by atoms with Gasteiger partial charge in [0.15, 0.2) is 0 Å². The smallest absolute Gasteiger partial charge is 0.234 e. The molecule has 1 atom stereocenters. The molecule has 0 bridgehead atoms. The monoisotopic (exact) mass is 222 g/mol. The van der Waals surface area contributed by atoms with Crippen molar-refractivity contribution in [3.8, 4) is 12.3 Å². The van der Waals surface area contributed by atoms with Crippen LogP contribution in [0.25, 0.3) is 0 Å². The highest BCUT2D eigenvalue weighted by atomic mass is 16.2. The van der Waals surface area contributed by atoms with E-state index in [9.17, 15) is 4.79 Å². The normalized spacial score (nSPS) is 20.1. The van der Waals surface area contributed by atoms with Gasteiger partial charge < -0.3 is 10.2 Å². The van der Waals surface area contributed by atoms with Gasteiger partial charge in [-0.25, -0.2) is 0 Å².